The minimum Gasteiger partial charge on any atom is -0.398 e. The quantitative estimate of drug-likeness (QED) is 0.795. The summed E-state index contributed by atoms with van der Waals surface area (Å²) in [5, 5.41) is 3.09. The molecule has 0 heterocycles. The SMILES string of the molecule is Cc1ccc(S(=O)(=O)/C=C(\N)c2cccc3ccccc23)cc1. The standard InChI is InChI=1S/C19H17NO2S/c1-14-9-11-16(12-10-14)23(21,22)13-19(20)18-8-4-6-15-5-2-3-7-17(15)18/h2-13H,20H2,1H3/b19-13-. The molecule has 23 heavy (non-hydrogen) atoms. The summed E-state index contributed by atoms with van der Waals surface area (Å²) in [6.45, 7) is 1.91. The number of rotatable bonds is 3. The molecule has 0 aliphatic rings. The predicted octanol–water partition coefficient (Wildman–Crippen LogP) is 3.88. The van der Waals surface area contributed by atoms with Crippen LogP contribution in [0.25, 0.3) is 16.5 Å². The zero-order valence-electron chi connectivity index (χ0n) is 12.7. The summed E-state index contributed by atoms with van der Waals surface area (Å²) >= 11 is 0. The van der Waals surface area contributed by atoms with Crippen LogP contribution < -0.4 is 5.73 Å². The van der Waals surface area contributed by atoms with Gasteiger partial charge in [0.2, 0.25) is 9.84 Å². The Labute approximate surface area is 136 Å². The highest BCUT2D eigenvalue weighted by Crippen LogP contribution is 2.24. The second-order valence-electron chi connectivity index (χ2n) is 5.46. The third-order valence-electron chi connectivity index (χ3n) is 3.73. The zero-order valence-corrected chi connectivity index (χ0v) is 13.5. The van der Waals surface area contributed by atoms with Gasteiger partial charge >= 0.3 is 0 Å². The molecule has 3 nitrogen and oxygen atoms in total. The van der Waals surface area contributed by atoms with Gasteiger partial charge in [-0.3, -0.25) is 0 Å². The van der Waals surface area contributed by atoms with Crippen molar-refractivity contribution in [3.8, 4) is 0 Å². The molecule has 0 amide bonds. The third kappa shape index (κ3) is 3.12. The molecule has 0 fully saturated rings. The molecule has 0 bridgehead atoms. The van der Waals surface area contributed by atoms with Crippen LogP contribution in [0.2, 0.25) is 0 Å². The van der Waals surface area contributed by atoms with E-state index < -0.39 is 9.84 Å². The van der Waals surface area contributed by atoms with Crippen molar-refractivity contribution in [2.24, 2.45) is 5.73 Å². The topological polar surface area (TPSA) is 60.2 Å². The molecule has 4 heteroatoms. The molecular weight excluding hydrogens is 306 g/mol. The smallest absolute Gasteiger partial charge is 0.201 e. The number of nitrogens with two attached hydrogens (primary N) is 1. The van der Waals surface area contributed by atoms with Crippen LogP contribution in [0.1, 0.15) is 11.1 Å². The number of fused-ring (bicyclic) bond motifs is 1. The molecule has 0 spiro atoms. The lowest BCUT2D eigenvalue weighted by molar-refractivity contribution is 0.604. The van der Waals surface area contributed by atoms with Crippen molar-refractivity contribution in [1.82, 2.24) is 0 Å². The van der Waals surface area contributed by atoms with Crippen molar-refractivity contribution >= 4 is 26.3 Å². The Kier molecular flexibility index (Phi) is 3.92. The minimum atomic E-state index is -3.58. The lowest BCUT2D eigenvalue weighted by atomic mass is 10.0. The summed E-state index contributed by atoms with van der Waals surface area (Å²) in [4.78, 5) is 0.242. The second kappa shape index (κ2) is 5.89. The van der Waals surface area contributed by atoms with Gasteiger partial charge < -0.3 is 5.73 Å². The van der Waals surface area contributed by atoms with E-state index in [2.05, 4.69) is 0 Å². The fraction of sp³-hybridized carbons (Fsp3) is 0.0526. The van der Waals surface area contributed by atoms with Gasteiger partial charge in [0.15, 0.2) is 0 Å². The van der Waals surface area contributed by atoms with Gasteiger partial charge in [-0.2, -0.15) is 0 Å². The Morgan fingerprint density at radius 1 is 0.913 bits per heavy atom. The molecular formula is C19H17NO2S. The van der Waals surface area contributed by atoms with E-state index in [0.29, 0.717) is 0 Å². The van der Waals surface area contributed by atoms with Gasteiger partial charge in [0.05, 0.1) is 16.0 Å². The largest absolute Gasteiger partial charge is 0.398 e. The van der Waals surface area contributed by atoms with E-state index in [1.54, 1.807) is 24.3 Å². The Bertz CT molecular complexity index is 982. The second-order valence-corrected chi connectivity index (χ2v) is 7.26. The van der Waals surface area contributed by atoms with Crippen molar-refractivity contribution in [3.63, 3.8) is 0 Å². The summed E-state index contributed by atoms with van der Waals surface area (Å²) in [5.41, 5.74) is 8.07. The van der Waals surface area contributed by atoms with Crippen molar-refractivity contribution in [1.29, 1.82) is 0 Å². The fourth-order valence-corrected chi connectivity index (χ4v) is 3.62. The maximum absolute atomic E-state index is 12.5. The van der Waals surface area contributed by atoms with E-state index >= 15 is 0 Å². The molecule has 3 aromatic carbocycles. The van der Waals surface area contributed by atoms with Crippen LogP contribution in [0, 0.1) is 6.92 Å². The van der Waals surface area contributed by atoms with Gasteiger partial charge in [0.1, 0.15) is 0 Å². The highest BCUT2D eigenvalue weighted by Gasteiger charge is 2.13. The summed E-state index contributed by atoms with van der Waals surface area (Å²) < 4.78 is 25.0. The molecule has 0 atom stereocenters. The van der Waals surface area contributed by atoms with Gasteiger partial charge in [-0.25, -0.2) is 8.42 Å². The fourth-order valence-electron chi connectivity index (χ4n) is 2.50. The Hall–Kier alpha value is -2.59. The molecule has 0 radical (unpaired) electrons. The first-order chi connectivity index (χ1) is 11.0. The molecule has 3 aromatic rings. The van der Waals surface area contributed by atoms with Crippen molar-refractivity contribution < 1.29 is 8.42 Å². The predicted molar refractivity (Wildman–Crippen MR) is 94.5 cm³/mol. The molecule has 0 saturated carbocycles. The maximum Gasteiger partial charge on any atom is 0.201 e. The summed E-state index contributed by atoms with van der Waals surface area (Å²) in [6, 6.07) is 20.2. The van der Waals surface area contributed by atoms with E-state index in [-0.39, 0.29) is 10.6 Å². The molecule has 116 valence electrons. The third-order valence-corrected chi connectivity index (χ3v) is 5.23. The number of hydrogen-bond donors (Lipinski definition) is 1. The Morgan fingerprint density at radius 2 is 1.57 bits per heavy atom. The first-order valence-corrected chi connectivity index (χ1v) is 8.79. The van der Waals surface area contributed by atoms with Crippen LogP contribution in [-0.4, -0.2) is 8.42 Å². The molecule has 0 saturated heterocycles. The first kappa shape index (κ1) is 15.3. The van der Waals surface area contributed by atoms with Gasteiger partial charge in [-0.05, 0) is 29.8 Å². The van der Waals surface area contributed by atoms with E-state index in [1.807, 2.05) is 49.4 Å². The van der Waals surface area contributed by atoms with Crippen LogP contribution in [0.15, 0.2) is 77.0 Å². The van der Waals surface area contributed by atoms with Gasteiger partial charge in [-0.1, -0.05) is 60.2 Å². The number of hydrogen-bond acceptors (Lipinski definition) is 3. The molecule has 0 aliphatic heterocycles. The lowest BCUT2D eigenvalue weighted by Crippen LogP contribution is -2.04. The first-order valence-electron chi connectivity index (χ1n) is 7.24. The van der Waals surface area contributed by atoms with E-state index in [0.717, 1.165) is 27.3 Å². The zero-order chi connectivity index (χ0) is 16.4. The number of aryl methyl sites for hydroxylation is 1. The number of sulfone groups is 1. The number of benzene rings is 3. The molecule has 0 aliphatic carbocycles. The van der Waals surface area contributed by atoms with Crippen LogP contribution in [0.5, 0.6) is 0 Å². The highest BCUT2D eigenvalue weighted by atomic mass is 32.2. The minimum absolute atomic E-state index is 0.238. The molecule has 2 N–H and O–H groups in total. The molecule has 0 unspecified atom stereocenters. The summed E-state index contributed by atoms with van der Waals surface area (Å²) in [5.74, 6) is 0. The van der Waals surface area contributed by atoms with Crippen molar-refractivity contribution in [2.75, 3.05) is 0 Å². The Balaban J connectivity index is 2.09. The molecule has 0 aromatic heterocycles. The van der Waals surface area contributed by atoms with Crippen LogP contribution in [0.4, 0.5) is 0 Å². The molecule has 3 rings (SSSR count). The summed E-state index contributed by atoms with van der Waals surface area (Å²) in [7, 11) is -3.58. The van der Waals surface area contributed by atoms with E-state index in [9.17, 15) is 8.42 Å². The van der Waals surface area contributed by atoms with Crippen LogP contribution in [-0.2, 0) is 9.84 Å². The van der Waals surface area contributed by atoms with Gasteiger partial charge in [-0.15, -0.1) is 0 Å². The van der Waals surface area contributed by atoms with E-state index in [1.165, 1.54) is 0 Å². The monoisotopic (exact) mass is 323 g/mol. The normalized spacial score (nSPS) is 12.5. The summed E-state index contributed by atoms with van der Waals surface area (Å²) in [6.07, 6.45) is 0. The maximum atomic E-state index is 12.5. The van der Waals surface area contributed by atoms with Gasteiger partial charge in [0, 0.05) is 5.56 Å². The van der Waals surface area contributed by atoms with Crippen LogP contribution in [0.3, 0.4) is 0 Å². The average Bonchev–Trinajstić information content (AvgIpc) is 2.54. The lowest BCUT2D eigenvalue weighted by Gasteiger charge is -2.07. The van der Waals surface area contributed by atoms with Gasteiger partial charge in [0.25, 0.3) is 0 Å². The van der Waals surface area contributed by atoms with Crippen LogP contribution >= 0.6 is 0 Å². The Morgan fingerprint density at radius 3 is 2.30 bits per heavy atom. The van der Waals surface area contributed by atoms with E-state index in [4.69, 9.17) is 5.73 Å². The van der Waals surface area contributed by atoms with Crippen molar-refractivity contribution in [2.45, 2.75) is 11.8 Å². The average molecular weight is 323 g/mol. The van der Waals surface area contributed by atoms with Crippen molar-refractivity contribution in [3.05, 3.63) is 83.3 Å². The highest BCUT2D eigenvalue weighted by molar-refractivity contribution is 7.94.